The number of halogens is 4. The molecule has 2 atom stereocenters. The molecule has 2 unspecified atom stereocenters. The van der Waals surface area contributed by atoms with Crippen LogP contribution in [0.2, 0.25) is 5.02 Å². The second kappa shape index (κ2) is 11.6. The number of benzene rings is 3. The van der Waals surface area contributed by atoms with Gasteiger partial charge in [-0.1, -0.05) is 48.0 Å². The number of amides is 1. The number of carbonyl (C=O) groups excluding carboxylic acids is 1. The van der Waals surface area contributed by atoms with Crippen molar-refractivity contribution in [3.63, 3.8) is 0 Å². The van der Waals surface area contributed by atoms with Gasteiger partial charge in [0.05, 0.1) is 6.17 Å². The van der Waals surface area contributed by atoms with Crippen LogP contribution in [0, 0.1) is 17.5 Å². The van der Waals surface area contributed by atoms with E-state index in [4.69, 9.17) is 23.1 Å². The van der Waals surface area contributed by atoms with Crippen molar-refractivity contribution in [1.82, 2.24) is 10.6 Å². The van der Waals surface area contributed by atoms with Gasteiger partial charge in [0.2, 0.25) is 5.96 Å². The molecule has 1 amide bonds. The van der Waals surface area contributed by atoms with Crippen molar-refractivity contribution >= 4 is 23.5 Å². The number of nitrogens with two attached hydrogens (primary N) is 2. The van der Waals surface area contributed by atoms with E-state index in [-0.39, 0.29) is 23.1 Å². The van der Waals surface area contributed by atoms with Crippen LogP contribution in [0.5, 0.6) is 0 Å². The molecular formula is C24H23ClF3N5O. The molecule has 0 fully saturated rings. The number of rotatable bonds is 7. The third-order valence-electron chi connectivity index (χ3n) is 4.90. The van der Waals surface area contributed by atoms with Crippen LogP contribution in [0.4, 0.5) is 13.2 Å². The zero-order chi connectivity index (χ0) is 24.7. The van der Waals surface area contributed by atoms with Crippen molar-refractivity contribution in [3.05, 3.63) is 106 Å². The van der Waals surface area contributed by atoms with E-state index in [0.717, 1.165) is 29.8 Å². The van der Waals surface area contributed by atoms with E-state index in [0.29, 0.717) is 12.0 Å². The summed E-state index contributed by atoms with van der Waals surface area (Å²) < 4.78 is 40.1. The average molecular weight is 490 g/mol. The minimum absolute atomic E-state index is 0.0390. The Bertz CT molecular complexity index is 1180. The van der Waals surface area contributed by atoms with Gasteiger partial charge < -0.3 is 22.1 Å². The summed E-state index contributed by atoms with van der Waals surface area (Å²) in [4.78, 5) is 16.5. The lowest BCUT2D eigenvalue weighted by Crippen LogP contribution is -2.49. The van der Waals surface area contributed by atoms with Gasteiger partial charge in [-0.3, -0.25) is 4.79 Å². The molecule has 0 saturated heterocycles. The monoisotopic (exact) mass is 489 g/mol. The lowest BCUT2D eigenvalue weighted by atomic mass is 10.0. The van der Waals surface area contributed by atoms with E-state index in [1.165, 1.54) is 12.1 Å². The Balaban J connectivity index is 1.77. The van der Waals surface area contributed by atoms with Crippen LogP contribution < -0.4 is 22.1 Å². The molecule has 0 saturated carbocycles. The Morgan fingerprint density at radius 3 is 2.38 bits per heavy atom. The number of hydrogen-bond donors (Lipinski definition) is 4. The van der Waals surface area contributed by atoms with Gasteiger partial charge in [0, 0.05) is 23.2 Å². The summed E-state index contributed by atoms with van der Waals surface area (Å²) in [6, 6.07) is 15.5. The standard InChI is InChI=1S/C24H23ClF3N5O/c25-18-11-17(26)8-6-16(18)13-31-24(33-23(34)15-7-9-19(27)20(28)10-15)32-22(30)12-21(29)14-4-2-1-3-5-14/h1-11,21-22H,12-13,29-30H2,(H2,31,32,33,34). The van der Waals surface area contributed by atoms with Crippen molar-refractivity contribution in [1.29, 1.82) is 0 Å². The highest BCUT2D eigenvalue weighted by atomic mass is 35.5. The maximum absolute atomic E-state index is 13.6. The molecule has 0 aliphatic carbocycles. The number of nitrogens with one attached hydrogen (secondary N) is 2. The Morgan fingerprint density at radius 1 is 0.971 bits per heavy atom. The molecule has 0 aromatic heterocycles. The van der Waals surface area contributed by atoms with Crippen LogP contribution in [0.25, 0.3) is 0 Å². The SMILES string of the molecule is NC(CC(N)c1ccccc1)N/C(=N\C(=O)c1ccc(F)c(F)c1)NCc1ccc(F)cc1Cl. The van der Waals surface area contributed by atoms with Crippen molar-refractivity contribution in [2.75, 3.05) is 0 Å². The summed E-state index contributed by atoms with van der Waals surface area (Å²) in [6.07, 6.45) is -0.426. The molecule has 0 heterocycles. The summed E-state index contributed by atoms with van der Waals surface area (Å²) in [5.41, 5.74) is 13.7. The van der Waals surface area contributed by atoms with Gasteiger partial charge in [0.25, 0.3) is 5.91 Å². The normalized spacial score (nSPS) is 13.3. The molecule has 0 aliphatic heterocycles. The van der Waals surface area contributed by atoms with Crippen LogP contribution in [-0.4, -0.2) is 18.0 Å². The smallest absolute Gasteiger partial charge is 0.280 e. The van der Waals surface area contributed by atoms with E-state index < -0.39 is 35.6 Å². The fourth-order valence-electron chi connectivity index (χ4n) is 3.11. The minimum atomic E-state index is -1.17. The quantitative estimate of drug-likeness (QED) is 0.228. The molecule has 3 rings (SSSR count). The minimum Gasteiger partial charge on any atom is -0.352 e. The van der Waals surface area contributed by atoms with E-state index >= 15 is 0 Å². The molecule has 0 bridgehead atoms. The van der Waals surface area contributed by atoms with Gasteiger partial charge in [0.15, 0.2) is 11.6 Å². The number of guanidine groups is 1. The molecule has 0 spiro atoms. The van der Waals surface area contributed by atoms with Gasteiger partial charge in [-0.25, -0.2) is 13.2 Å². The maximum atomic E-state index is 13.6. The second-order valence-corrected chi connectivity index (χ2v) is 7.89. The molecule has 3 aromatic rings. The lowest BCUT2D eigenvalue weighted by molar-refractivity contribution is 0.100. The van der Waals surface area contributed by atoms with Crippen LogP contribution in [0.3, 0.4) is 0 Å². The predicted molar refractivity (Wildman–Crippen MR) is 125 cm³/mol. The average Bonchev–Trinajstić information content (AvgIpc) is 2.80. The number of hydrogen-bond acceptors (Lipinski definition) is 3. The van der Waals surface area contributed by atoms with E-state index in [2.05, 4.69) is 15.6 Å². The van der Waals surface area contributed by atoms with Crippen molar-refractivity contribution in [3.8, 4) is 0 Å². The molecule has 10 heteroatoms. The first-order valence-electron chi connectivity index (χ1n) is 10.3. The molecule has 0 aliphatic rings. The molecule has 0 radical (unpaired) electrons. The van der Waals surface area contributed by atoms with E-state index in [1.54, 1.807) is 0 Å². The van der Waals surface area contributed by atoms with Gasteiger partial charge in [-0.15, -0.1) is 0 Å². The molecule has 3 aromatic carbocycles. The first-order valence-corrected chi connectivity index (χ1v) is 10.7. The highest BCUT2D eigenvalue weighted by Crippen LogP contribution is 2.17. The summed E-state index contributed by atoms with van der Waals surface area (Å²) >= 11 is 6.06. The largest absolute Gasteiger partial charge is 0.352 e. The highest BCUT2D eigenvalue weighted by Gasteiger charge is 2.16. The third kappa shape index (κ3) is 7.05. The first kappa shape index (κ1) is 25.2. The summed E-state index contributed by atoms with van der Waals surface area (Å²) in [6.45, 7) is 0.0768. The van der Waals surface area contributed by atoms with Gasteiger partial charge in [-0.05, 0) is 47.9 Å². The van der Waals surface area contributed by atoms with Crippen LogP contribution in [-0.2, 0) is 6.54 Å². The van der Waals surface area contributed by atoms with Crippen LogP contribution in [0.15, 0.2) is 71.7 Å². The fourth-order valence-corrected chi connectivity index (χ4v) is 3.34. The Labute approximate surface area is 199 Å². The van der Waals surface area contributed by atoms with Gasteiger partial charge in [0.1, 0.15) is 5.82 Å². The molecule has 34 heavy (non-hydrogen) atoms. The highest BCUT2D eigenvalue weighted by molar-refractivity contribution is 6.31. The number of aliphatic imine (C=N–C) groups is 1. The zero-order valence-corrected chi connectivity index (χ0v) is 18.7. The molecule has 6 N–H and O–H groups in total. The number of nitrogens with zero attached hydrogens (tertiary/aromatic N) is 1. The van der Waals surface area contributed by atoms with Crippen molar-refractivity contribution in [2.24, 2.45) is 16.5 Å². The molecule has 178 valence electrons. The Morgan fingerprint density at radius 2 is 1.71 bits per heavy atom. The van der Waals surface area contributed by atoms with Crippen LogP contribution in [0.1, 0.15) is 33.9 Å². The maximum Gasteiger partial charge on any atom is 0.280 e. The summed E-state index contributed by atoms with van der Waals surface area (Å²) in [5, 5.41) is 5.94. The predicted octanol–water partition coefficient (Wildman–Crippen LogP) is 4.01. The van der Waals surface area contributed by atoms with Gasteiger partial charge in [-0.2, -0.15) is 4.99 Å². The van der Waals surface area contributed by atoms with E-state index in [9.17, 15) is 18.0 Å². The molecule has 6 nitrogen and oxygen atoms in total. The topological polar surface area (TPSA) is 106 Å². The Kier molecular flexibility index (Phi) is 8.64. The zero-order valence-electron chi connectivity index (χ0n) is 17.9. The second-order valence-electron chi connectivity index (χ2n) is 7.49. The third-order valence-corrected chi connectivity index (χ3v) is 5.25. The first-order chi connectivity index (χ1) is 16.2. The fraction of sp³-hybridized carbons (Fsp3) is 0.167. The summed E-state index contributed by atoms with van der Waals surface area (Å²) in [5.74, 6) is -3.63. The molecular weight excluding hydrogens is 467 g/mol. The van der Waals surface area contributed by atoms with E-state index in [1.807, 2.05) is 30.3 Å². The van der Waals surface area contributed by atoms with Gasteiger partial charge >= 0.3 is 0 Å². The Hall–Kier alpha value is -3.40. The van der Waals surface area contributed by atoms with Crippen molar-refractivity contribution < 1.29 is 18.0 Å². The summed E-state index contributed by atoms with van der Waals surface area (Å²) in [7, 11) is 0. The number of carbonyl (C=O) groups is 1. The lowest BCUT2D eigenvalue weighted by Gasteiger charge is -2.21. The van der Waals surface area contributed by atoms with Crippen molar-refractivity contribution in [2.45, 2.75) is 25.2 Å². The van der Waals surface area contributed by atoms with Crippen LogP contribution >= 0.6 is 11.6 Å².